The van der Waals surface area contributed by atoms with Crippen molar-refractivity contribution in [3.8, 4) is 6.07 Å². The summed E-state index contributed by atoms with van der Waals surface area (Å²) in [6.07, 6.45) is -0.560. The summed E-state index contributed by atoms with van der Waals surface area (Å²) in [6.45, 7) is 2.82. The van der Waals surface area contributed by atoms with Gasteiger partial charge in [-0.15, -0.1) is 0 Å². The van der Waals surface area contributed by atoms with Crippen molar-refractivity contribution in [2.24, 2.45) is 0 Å². The summed E-state index contributed by atoms with van der Waals surface area (Å²) < 4.78 is 0. The van der Waals surface area contributed by atoms with E-state index in [1.54, 1.807) is 6.07 Å². The first kappa shape index (κ1) is 10.4. The second kappa shape index (κ2) is 9.65. The molecular weight excluding hydrogens is 106 g/mol. The van der Waals surface area contributed by atoms with E-state index in [0.29, 0.717) is 0 Å². The van der Waals surface area contributed by atoms with Gasteiger partial charge >= 0.3 is 0 Å². The van der Waals surface area contributed by atoms with Crippen LogP contribution >= 0.6 is 0 Å². The van der Waals surface area contributed by atoms with Crippen LogP contribution in [0.15, 0.2) is 0 Å². The topological polar surface area (TPSA) is 64.2 Å². The maximum absolute atomic E-state index is 8.11. The first-order valence-corrected chi connectivity index (χ1v) is 2.28. The largest absolute Gasteiger partial charge is 0.394 e. The smallest absolute Gasteiger partial charge is 0.0742 e. The van der Waals surface area contributed by atoms with Gasteiger partial charge in [0.25, 0.3) is 0 Å². The average molecular weight is 117 g/mol. The molecule has 2 N–H and O–H groups in total. The molecule has 0 rings (SSSR count). The highest BCUT2D eigenvalue weighted by Crippen LogP contribution is 1.68. The standard InChI is InChI=1S/C3H8O2.C2H3N/c1-3(5)2-4;1-2-3/h3-5H,2H2,1H3;1H3. The molecule has 0 heterocycles. The van der Waals surface area contributed by atoms with Gasteiger partial charge in [0.05, 0.1) is 18.8 Å². The molecule has 0 aromatic rings. The number of nitrogens with zero attached hydrogens (tertiary/aromatic N) is 1. The van der Waals surface area contributed by atoms with Crippen LogP contribution in [-0.4, -0.2) is 22.9 Å². The molecule has 0 saturated carbocycles. The van der Waals surface area contributed by atoms with Crippen LogP contribution in [0.3, 0.4) is 0 Å². The van der Waals surface area contributed by atoms with Crippen molar-refractivity contribution in [1.29, 1.82) is 5.26 Å². The number of aliphatic hydroxyl groups excluding tert-OH is 2. The number of nitriles is 1. The van der Waals surface area contributed by atoms with E-state index in [4.69, 9.17) is 15.5 Å². The lowest BCUT2D eigenvalue weighted by Crippen LogP contribution is -2.03. The van der Waals surface area contributed by atoms with Crippen LogP contribution in [-0.2, 0) is 0 Å². The fraction of sp³-hybridized carbons (Fsp3) is 0.800. The first-order chi connectivity index (χ1) is 3.68. The lowest BCUT2D eigenvalue weighted by Gasteiger charge is -1.90. The Morgan fingerprint density at radius 2 is 1.88 bits per heavy atom. The van der Waals surface area contributed by atoms with Crippen LogP contribution < -0.4 is 0 Å². The van der Waals surface area contributed by atoms with Crippen molar-refractivity contribution in [3.05, 3.63) is 0 Å². The van der Waals surface area contributed by atoms with Gasteiger partial charge in [0, 0.05) is 6.92 Å². The third kappa shape index (κ3) is 52.9. The van der Waals surface area contributed by atoms with Gasteiger partial charge in [-0.3, -0.25) is 0 Å². The summed E-state index contributed by atoms with van der Waals surface area (Å²) in [5, 5.41) is 23.3. The molecule has 0 saturated heterocycles. The van der Waals surface area contributed by atoms with Gasteiger partial charge in [0.15, 0.2) is 0 Å². The third-order valence-corrected chi connectivity index (χ3v) is 0.264. The number of hydrogen-bond donors (Lipinski definition) is 2. The maximum atomic E-state index is 8.11. The van der Waals surface area contributed by atoms with Crippen LogP contribution in [0.1, 0.15) is 13.8 Å². The molecule has 0 radical (unpaired) electrons. The molecule has 48 valence electrons. The second-order valence-corrected chi connectivity index (χ2v) is 1.26. The number of hydrogen-bond acceptors (Lipinski definition) is 3. The van der Waals surface area contributed by atoms with Crippen LogP contribution in [0.25, 0.3) is 0 Å². The molecule has 3 nitrogen and oxygen atoms in total. The predicted octanol–water partition coefficient (Wildman–Crippen LogP) is -0.111. The fourth-order valence-electron chi connectivity index (χ4n) is 0. The van der Waals surface area contributed by atoms with Crippen LogP contribution in [0, 0.1) is 11.3 Å². The minimum atomic E-state index is -0.560. The highest BCUT2D eigenvalue weighted by atomic mass is 16.3. The predicted molar refractivity (Wildman–Crippen MR) is 30.1 cm³/mol. The maximum Gasteiger partial charge on any atom is 0.0742 e. The Kier molecular flexibility index (Phi) is 12.5. The molecule has 0 aliphatic carbocycles. The van der Waals surface area contributed by atoms with Crippen LogP contribution in [0.4, 0.5) is 0 Å². The van der Waals surface area contributed by atoms with Crippen molar-refractivity contribution < 1.29 is 10.2 Å². The Balaban J connectivity index is 0. The van der Waals surface area contributed by atoms with Crippen molar-refractivity contribution in [2.75, 3.05) is 6.61 Å². The zero-order valence-electron chi connectivity index (χ0n) is 5.13. The quantitative estimate of drug-likeness (QED) is 0.503. The lowest BCUT2D eigenvalue weighted by atomic mass is 10.5. The van der Waals surface area contributed by atoms with E-state index in [-0.39, 0.29) is 6.61 Å². The SMILES string of the molecule is CC#N.CC(O)CO. The van der Waals surface area contributed by atoms with Gasteiger partial charge in [0.2, 0.25) is 0 Å². The Morgan fingerprint density at radius 1 is 1.75 bits per heavy atom. The number of aliphatic hydroxyl groups is 2. The molecule has 0 aromatic heterocycles. The van der Waals surface area contributed by atoms with Gasteiger partial charge in [-0.1, -0.05) is 0 Å². The summed E-state index contributed by atoms with van der Waals surface area (Å²) >= 11 is 0. The minimum Gasteiger partial charge on any atom is -0.394 e. The van der Waals surface area contributed by atoms with Crippen LogP contribution in [0.2, 0.25) is 0 Å². The third-order valence-electron chi connectivity index (χ3n) is 0.264. The summed E-state index contributed by atoms with van der Waals surface area (Å²) in [7, 11) is 0. The van der Waals surface area contributed by atoms with E-state index in [0.717, 1.165) is 0 Å². The minimum absolute atomic E-state index is 0.139. The van der Waals surface area contributed by atoms with E-state index in [1.807, 2.05) is 0 Å². The van der Waals surface area contributed by atoms with Gasteiger partial charge in [-0.2, -0.15) is 5.26 Å². The summed E-state index contributed by atoms with van der Waals surface area (Å²) in [5.74, 6) is 0. The zero-order chi connectivity index (χ0) is 6.99. The average Bonchev–Trinajstić information content (AvgIpc) is 1.69. The monoisotopic (exact) mass is 117 g/mol. The van der Waals surface area contributed by atoms with Gasteiger partial charge < -0.3 is 10.2 Å². The molecule has 0 fully saturated rings. The Hall–Kier alpha value is -0.590. The molecule has 1 atom stereocenters. The molecule has 3 heteroatoms. The second-order valence-electron chi connectivity index (χ2n) is 1.26. The first-order valence-electron chi connectivity index (χ1n) is 2.28. The summed E-state index contributed by atoms with van der Waals surface area (Å²) in [4.78, 5) is 0. The summed E-state index contributed by atoms with van der Waals surface area (Å²) in [5.41, 5.74) is 0. The van der Waals surface area contributed by atoms with Gasteiger partial charge in [-0.25, -0.2) is 0 Å². The molecule has 0 bridgehead atoms. The fourth-order valence-corrected chi connectivity index (χ4v) is 0. The molecule has 0 aromatic carbocycles. The molecular formula is C5H11NO2. The highest BCUT2D eigenvalue weighted by molar-refractivity contribution is 4.51. The van der Waals surface area contributed by atoms with Crippen molar-refractivity contribution >= 4 is 0 Å². The molecule has 0 aliphatic heterocycles. The van der Waals surface area contributed by atoms with Crippen molar-refractivity contribution in [1.82, 2.24) is 0 Å². The van der Waals surface area contributed by atoms with Crippen molar-refractivity contribution in [2.45, 2.75) is 20.0 Å². The molecule has 0 spiro atoms. The molecule has 8 heavy (non-hydrogen) atoms. The highest BCUT2D eigenvalue weighted by Gasteiger charge is 1.83. The van der Waals surface area contributed by atoms with E-state index in [1.165, 1.54) is 13.8 Å². The Morgan fingerprint density at radius 3 is 1.88 bits per heavy atom. The summed E-state index contributed by atoms with van der Waals surface area (Å²) in [6, 6.07) is 1.75. The lowest BCUT2D eigenvalue weighted by molar-refractivity contribution is 0.110. The number of rotatable bonds is 1. The van der Waals surface area contributed by atoms with Crippen molar-refractivity contribution in [3.63, 3.8) is 0 Å². The van der Waals surface area contributed by atoms with Gasteiger partial charge in [-0.05, 0) is 6.92 Å². The Bertz CT molecular complexity index is 65.3. The van der Waals surface area contributed by atoms with Gasteiger partial charge in [0.1, 0.15) is 0 Å². The molecule has 0 aliphatic rings. The normalized spacial score (nSPS) is 10.4. The zero-order valence-corrected chi connectivity index (χ0v) is 5.13. The van der Waals surface area contributed by atoms with E-state index in [2.05, 4.69) is 0 Å². The molecule has 1 unspecified atom stereocenters. The van der Waals surface area contributed by atoms with E-state index >= 15 is 0 Å². The van der Waals surface area contributed by atoms with E-state index in [9.17, 15) is 0 Å². The van der Waals surface area contributed by atoms with Crippen LogP contribution in [0.5, 0.6) is 0 Å². The van der Waals surface area contributed by atoms with E-state index < -0.39 is 6.10 Å². The molecule has 0 amide bonds. The Labute approximate surface area is 49.2 Å².